The van der Waals surface area contributed by atoms with Crippen LogP contribution in [0.15, 0.2) is 30.5 Å². The van der Waals surface area contributed by atoms with Crippen LogP contribution in [0, 0.1) is 0 Å². The number of halogens is 1. The van der Waals surface area contributed by atoms with Gasteiger partial charge in [-0.1, -0.05) is 11.6 Å². The molecule has 0 aliphatic heterocycles. The lowest BCUT2D eigenvalue weighted by Crippen LogP contribution is -2.15. The number of anilines is 3. The van der Waals surface area contributed by atoms with Crippen molar-refractivity contribution in [2.75, 3.05) is 37.9 Å². The monoisotopic (exact) mass is 430 g/mol. The molecular weight excluding hydrogens is 404 g/mol. The molecule has 2 aromatic heterocycles. The summed E-state index contributed by atoms with van der Waals surface area (Å²) in [6.45, 7) is 1.46. The molecule has 8 nitrogen and oxygen atoms in total. The second kappa shape index (κ2) is 9.07. The molecule has 160 valence electrons. The van der Waals surface area contributed by atoms with Gasteiger partial charge in [0.25, 0.3) is 0 Å². The summed E-state index contributed by atoms with van der Waals surface area (Å²) in [5.41, 5.74) is 2.11. The van der Waals surface area contributed by atoms with E-state index in [4.69, 9.17) is 16.3 Å². The number of nitrogens with zero attached hydrogens (tertiary/aromatic N) is 4. The molecule has 0 radical (unpaired) electrons. The first kappa shape index (κ1) is 20.7. The maximum atomic E-state index is 9.61. The van der Waals surface area contributed by atoms with E-state index in [1.807, 2.05) is 38.4 Å². The maximum absolute atomic E-state index is 9.61. The molecule has 0 spiro atoms. The van der Waals surface area contributed by atoms with E-state index in [9.17, 15) is 5.11 Å². The number of hydrogen-bond donors (Lipinski definition) is 3. The van der Waals surface area contributed by atoms with E-state index in [1.54, 1.807) is 10.7 Å². The third kappa shape index (κ3) is 4.95. The number of aliphatic hydroxyl groups excluding tert-OH is 1. The van der Waals surface area contributed by atoms with Gasteiger partial charge in [-0.3, -0.25) is 0 Å². The summed E-state index contributed by atoms with van der Waals surface area (Å²) in [7, 11) is 4.08. The standard InChI is InChI=1S/C21H27ClN6O2/c1-27(2)8-3-9-30-18-7-6-16(10-17(18)22)24-19-11-20(25-15-4-5-15)28-21(26-19)14(13-29)12-23-28/h6-7,10-12,15,25,29H,3-5,8-9,13H2,1-2H3,(H,24,26). The molecule has 1 saturated carbocycles. The minimum absolute atomic E-state index is 0.117. The largest absolute Gasteiger partial charge is 0.492 e. The van der Waals surface area contributed by atoms with Crippen molar-refractivity contribution in [3.05, 3.63) is 41.0 Å². The van der Waals surface area contributed by atoms with Crippen molar-refractivity contribution in [1.29, 1.82) is 0 Å². The van der Waals surface area contributed by atoms with Crippen molar-refractivity contribution >= 4 is 34.6 Å². The van der Waals surface area contributed by atoms with Gasteiger partial charge in [0.05, 0.1) is 24.4 Å². The molecule has 1 aliphatic rings. The average molecular weight is 431 g/mol. The fourth-order valence-electron chi connectivity index (χ4n) is 3.13. The summed E-state index contributed by atoms with van der Waals surface area (Å²) in [5, 5.41) is 21.3. The van der Waals surface area contributed by atoms with Crippen LogP contribution < -0.4 is 15.4 Å². The number of fused-ring (bicyclic) bond motifs is 1. The van der Waals surface area contributed by atoms with E-state index in [2.05, 4.69) is 25.6 Å². The Morgan fingerprint density at radius 1 is 1.30 bits per heavy atom. The highest BCUT2D eigenvalue weighted by Gasteiger charge is 2.23. The van der Waals surface area contributed by atoms with Gasteiger partial charge in [0.15, 0.2) is 5.65 Å². The molecular formula is C21H27ClN6O2. The Balaban J connectivity index is 1.51. The normalized spacial score (nSPS) is 13.8. The Hall–Kier alpha value is -2.55. The number of rotatable bonds is 10. The lowest BCUT2D eigenvalue weighted by molar-refractivity contribution is 0.282. The molecule has 1 aromatic carbocycles. The summed E-state index contributed by atoms with van der Waals surface area (Å²) < 4.78 is 7.52. The lowest BCUT2D eigenvalue weighted by atomic mass is 10.3. The summed E-state index contributed by atoms with van der Waals surface area (Å²) in [5.74, 6) is 2.16. The molecule has 3 aromatic rings. The minimum Gasteiger partial charge on any atom is -0.492 e. The first-order chi connectivity index (χ1) is 14.5. The summed E-state index contributed by atoms with van der Waals surface area (Å²) >= 11 is 6.42. The second-order valence-electron chi connectivity index (χ2n) is 7.78. The van der Waals surface area contributed by atoms with E-state index < -0.39 is 0 Å². The van der Waals surface area contributed by atoms with Crippen LogP contribution >= 0.6 is 11.6 Å². The molecule has 0 amide bonds. The highest BCUT2D eigenvalue weighted by atomic mass is 35.5. The van der Waals surface area contributed by atoms with Crippen LogP contribution in [0.4, 0.5) is 17.3 Å². The molecule has 30 heavy (non-hydrogen) atoms. The zero-order chi connectivity index (χ0) is 21.1. The van der Waals surface area contributed by atoms with Gasteiger partial charge in [-0.05, 0) is 51.6 Å². The van der Waals surface area contributed by atoms with Crippen molar-refractivity contribution in [1.82, 2.24) is 19.5 Å². The van der Waals surface area contributed by atoms with Crippen molar-refractivity contribution in [3.63, 3.8) is 0 Å². The smallest absolute Gasteiger partial charge is 0.165 e. The van der Waals surface area contributed by atoms with Crippen molar-refractivity contribution in [3.8, 4) is 5.75 Å². The van der Waals surface area contributed by atoms with Gasteiger partial charge in [-0.25, -0.2) is 4.98 Å². The second-order valence-corrected chi connectivity index (χ2v) is 8.19. The predicted octanol–water partition coefficient (Wildman–Crippen LogP) is 3.52. The number of benzene rings is 1. The lowest BCUT2D eigenvalue weighted by Gasteiger charge is -2.14. The molecule has 1 aliphatic carbocycles. The quantitative estimate of drug-likeness (QED) is 0.424. The van der Waals surface area contributed by atoms with Gasteiger partial charge >= 0.3 is 0 Å². The molecule has 3 N–H and O–H groups in total. The predicted molar refractivity (Wildman–Crippen MR) is 119 cm³/mol. The number of ether oxygens (including phenoxy) is 1. The van der Waals surface area contributed by atoms with Crippen LogP contribution in [0.2, 0.25) is 5.02 Å². The average Bonchev–Trinajstić information content (AvgIpc) is 3.43. The third-order valence-electron chi connectivity index (χ3n) is 4.86. The maximum Gasteiger partial charge on any atom is 0.165 e. The highest BCUT2D eigenvalue weighted by Crippen LogP contribution is 2.31. The molecule has 0 saturated heterocycles. The van der Waals surface area contributed by atoms with Crippen molar-refractivity contribution < 1.29 is 9.84 Å². The summed E-state index contributed by atoms with van der Waals surface area (Å²) in [6, 6.07) is 7.98. The van der Waals surface area contributed by atoms with Gasteiger partial charge in [-0.2, -0.15) is 9.61 Å². The van der Waals surface area contributed by atoms with Gasteiger partial charge in [0, 0.05) is 29.9 Å². The number of aromatic nitrogens is 3. The number of hydrogen-bond acceptors (Lipinski definition) is 7. The van der Waals surface area contributed by atoms with E-state index in [0.29, 0.717) is 40.4 Å². The first-order valence-electron chi connectivity index (χ1n) is 10.1. The van der Waals surface area contributed by atoms with Crippen LogP contribution in [0.25, 0.3) is 5.65 Å². The molecule has 2 heterocycles. The van der Waals surface area contributed by atoms with Gasteiger partial charge in [0.2, 0.25) is 0 Å². The van der Waals surface area contributed by atoms with Crippen molar-refractivity contribution in [2.45, 2.75) is 31.9 Å². The summed E-state index contributed by atoms with van der Waals surface area (Å²) in [4.78, 5) is 6.75. The molecule has 0 bridgehead atoms. The summed E-state index contributed by atoms with van der Waals surface area (Å²) in [6.07, 6.45) is 4.87. The van der Waals surface area contributed by atoms with Crippen molar-refractivity contribution in [2.24, 2.45) is 0 Å². The van der Waals surface area contributed by atoms with Gasteiger partial charge in [0.1, 0.15) is 17.4 Å². The van der Waals surface area contributed by atoms with Gasteiger partial charge < -0.3 is 25.4 Å². The highest BCUT2D eigenvalue weighted by molar-refractivity contribution is 6.32. The molecule has 0 unspecified atom stereocenters. The number of aliphatic hydroxyl groups is 1. The third-order valence-corrected chi connectivity index (χ3v) is 5.15. The SMILES string of the molecule is CN(C)CCCOc1ccc(Nc2cc(NC3CC3)n3ncc(CO)c3n2)cc1Cl. The Kier molecular flexibility index (Phi) is 6.26. The topological polar surface area (TPSA) is 87.0 Å². The Morgan fingerprint density at radius 2 is 2.13 bits per heavy atom. The molecule has 0 atom stereocenters. The minimum atomic E-state index is -0.117. The fourth-order valence-corrected chi connectivity index (χ4v) is 3.37. The Bertz CT molecular complexity index is 1020. The fraction of sp³-hybridized carbons (Fsp3) is 0.429. The van der Waals surface area contributed by atoms with E-state index in [1.165, 1.54) is 0 Å². The van der Waals surface area contributed by atoms with E-state index >= 15 is 0 Å². The van der Waals surface area contributed by atoms with Crippen LogP contribution in [0.3, 0.4) is 0 Å². The molecule has 9 heteroatoms. The Labute approximate surface area is 180 Å². The van der Waals surface area contributed by atoms with E-state index in [0.717, 1.165) is 37.3 Å². The van der Waals surface area contributed by atoms with Crippen LogP contribution in [0.1, 0.15) is 24.8 Å². The van der Waals surface area contributed by atoms with E-state index in [-0.39, 0.29) is 6.61 Å². The Morgan fingerprint density at radius 3 is 2.83 bits per heavy atom. The van der Waals surface area contributed by atoms with Gasteiger partial charge in [-0.15, -0.1) is 0 Å². The first-order valence-corrected chi connectivity index (χ1v) is 10.5. The molecule has 1 fully saturated rings. The van der Waals surface area contributed by atoms with Crippen LogP contribution in [-0.4, -0.2) is 57.9 Å². The molecule has 4 rings (SSSR count). The number of nitrogens with one attached hydrogen (secondary N) is 2. The van der Waals surface area contributed by atoms with Crippen LogP contribution in [-0.2, 0) is 6.61 Å². The zero-order valence-corrected chi connectivity index (χ0v) is 18.0. The van der Waals surface area contributed by atoms with Crippen LogP contribution in [0.5, 0.6) is 5.75 Å². The zero-order valence-electron chi connectivity index (χ0n) is 17.2.